The third-order valence-corrected chi connectivity index (χ3v) is 4.60. The van der Waals surface area contributed by atoms with E-state index in [1.165, 1.54) is 5.56 Å². The molecule has 1 aromatic heterocycles. The van der Waals surface area contributed by atoms with Crippen LogP contribution in [0.25, 0.3) is 11.0 Å². The molecule has 5 nitrogen and oxygen atoms in total. The number of fused-ring (bicyclic) bond motifs is 1. The second kappa shape index (κ2) is 7.07. The van der Waals surface area contributed by atoms with Gasteiger partial charge in [-0.05, 0) is 17.7 Å². The molecule has 0 N–H and O–H groups in total. The molecule has 0 spiro atoms. The van der Waals surface area contributed by atoms with E-state index in [1.54, 1.807) is 0 Å². The first-order chi connectivity index (χ1) is 12.3. The largest absolute Gasteiger partial charge is 0.378 e. The number of imidazole rings is 1. The molecule has 0 atom stereocenters. The second-order valence-corrected chi connectivity index (χ2v) is 6.26. The highest BCUT2D eigenvalue weighted by atomic mass is 16.5. The molecule has 2 aromatic carbocycles. The predicted molar refractivity (Wildman–Crippen MR) is 96.4 cm³/mol. The van der Waals surface area contributed by atoms with Gasteiger partial charge in [0.05, 0.1) is 24.2 Å². The first-order valence-electron chi connectivity index (χ1n) is 8.65. The molecule has 25 heavy (non-hydrogen) atoms. The molecular weight excluding hydrogens is 314 g/mol. The molecule has 0 unspecified atom stereocenters. The number of benzene rings is 2. The van der Waals surface area contributed by atoms with Gasteiger partial charge < -0.3 is 14.2 Å². The second-order valence-electron chi connectivity index (χ2n) is 6.26. The van der Waals surface area contributed by atoms with Crippen LogP contribution in [0, 0.1) is 0 Å². The first-order valence-corrected chi connectivity index (χ1v) is 8.65. The van der Waals surface area contributed by atoms with E-state index in [0.29, 0.717) is 39.3 Å². The van der Waals surface area contributed by atoms with Gasteiger partial charge in [0.25, 0.3) is 0 Å². The van der Waals surface area contributed by atoms with E-state index in [9.17, 15) is 4.79 Å². The minimum absolute atomic E-state index is 0.126. The summed E-state index contributed by atoms with van der Waals surface area (Å²) in [5, 5.41) is 0. The Morgan fingerprint density at radius 1 is 1.00 bits per heavy atom. The van der Waals surface area contributed by atoms with Crippen molar-refractivity contribution in [2.45, 2.75) is 13.0 Å². The number of morpholine rings is 1. The SMILES string of the molecule is O=C(Cn1c(Cc2ccccc2)nc2ccccc21)N1CCOCC1. The summed E-state index contributed by atoms with van der Waals surface area (Å²) >= 11 is 0. The number of rotatable bonds is 4. The van der Waals surface area contributed by atoms with E-state index in [-0.39, 0.29) is 5.91 Å². The van der Waals surface area contributed by atoms with E-state index in [4.69, 9.17) is 9.72 Å². The van der Waals surface area contributed by atoms with E-state index in [1.807, 2.05) is 47.4 Å². The van der Waals surface area contributed by atoms with Gasteiger partial charge in [-0.25, -0.2) is 4.98 Å². The van der Waals surface area contributed by atoms with Gasteiger partial charge in [-0.1, -0.05) is 42.5 Å². The van der Waals surface area contributed by atoms with Crippen molar-refractivity contribution in [1.82, 2.24) is 14.5 Å². The van der Waals surface area contributed by atoms with Crippen molar-refractivity contribution >= 4 is 16.9 Å². The molecule has 1 aliphatic heterocycles. The number of carbonyl (C=O) groups is 1. The molecular formula is C20H21N3O2. The summed E-state index contributed by atoms with van der Waals surface area (Å²) in [5.41, 5.74) is 3.14. The van der Waals surface area contributed by atoms with Gasteiger partial charge in [0.2, 0.25) is 5.91 Å². The van der Waals surface area contributed by atoms with E-state index >= 15 is 0 Å². The van der Waals surface area contributed by atoms with Crippen molar-refractivity contribution in [3.05, 3.63) is 66.0 Å². The predicted octanol–water partition coefficient (Wildman–Crippen LogP) is 2.49. The molecule has 1 amide bonds. The number of aromatic nitrogens is 2. The van der Waals surface area contributed by atoms with Gasteiger partial charge in [0.1, 0.15) is 12.4 Å². The molecule has 0 aliphatic carbocycles. The summed E-state index contributed by atoms with van der Waals surface area (Å²) in [7, 11) is 0. The van der Waals surface area contributed by atoms with Crippen LogP contribution in [0.1, 0.15) is 11.4 Å². The summed E-state index contributed by atoms with van der Waals surface area (Å²) in [5.74, 6) is 1.05. The van der Waals surface area contributed by atoms with Crippen molar-refractivity contribution in [3.63, 3.8) is 0 Å². The Labute approximate surface area is 146 Å². The van der Waals surface area contributed by atoms with Crippen LogP contribution in [0.5, 0.6) is 0 Å². The summed E-state index contributed by atoms with van der Waals surface area (Å²) in [6.07, 6.45) is 0.714. The van der Waals surface area contributed by atoms with Crippen molar-refractivity contribution in [3.8, 4) is 0 Å². The molecule has 1 aliphatic rings. The Hall–Kier alpha value is -2.66. The van der Waals surface area contributed by atoms with Gasteiger partial charge in [-0.3, -0.25) is 4.79 Å². The molecule has 5 heteroatoms. The normalized spacial score (nSPS) is 14.8. The van der Waals surface area contributed by atoms with Crippen LogP contribution in [-0.2, 0) is 22.5 Å². The summed E-state index contributed by atoms with van der Waals surface area (Å²) in [6.45, 7) is 2.89. The van der Waals surface area contributed by atoms with E-state index < -0.39 is 0 Å². The van der Waals surface area contributed by atoms with Crippen LogP contribution in [0.2, 0.25) is 0 Å². The summed E-state index contributed by atoms with van der Waals surface area (Å²) in [4.78, 5) is 19.4. The minimum atomic E-state index is 0.126. The highest BCUT2D eigenvalue weighted by molar-refractivity contribution is 5.81. The number of amides is 1. The molecule has 1 fully saturated rings. The van der Waals surface area contributed by atoms with Crippen LogP contribution in [-0.4, -0.2) is 46.7 Å². The topological polar surface area (TPSA) is 47.4 Å². The molecule has 1 saturated heterocycles. The van der Waals surface area contributed by atoms with Gasteiger partial charge in [-0.2, -0.15) is 0 Å². The van der Waals surface area contributed by atoms with Crippen LogP contribution in [0.15, 0.2) is 54.6 Å². The van der Waals surface area contributed by atoms with Crippen LogP contribution in [0.3, 0.4) is 0 Å². The fourth-order valence-corrected chi connectivity index (χ4v) is 3.26. The maximum absolute atomic E-state index is 12.7. The van der Waals surface area contributed by atoms with Crippen molar-refractivity contribution in [2.75, 3.05) is 26.3 Å². The lowest BCUT2D eigenvalue weighted by Gasteiger charge is -2.27. The highest BCUT2D eigenvalue weighted by Crippen LogP contribution is 2.19. The lowest BCUT2D eigenvalue weighted by atomic mass is 10.1. The quantitative estimate of drug-likeness (QED) is 0.736. The maximum atomic E-state index is 12.7. The lowest BCUT2D eigenvalue weighted by Crippen LogP contribution is -2.42. The smallest absolute Gasteiger partial charge is 0.242 e. The molecule has 128 valence electrons. The Kier molecular flexibility index (Phi) is 4.48. The van der Waals surface area contributed by atoms with E-state index in [2.05, 4.69) is 16.7 Å². The van der Waals surface area contributed by atoms with Crippen LogP contribution >= 0.6 is 0 Å². The van der Waals surface area contributed by atoms with Crippen LogP contribution in [0.4, 0.5) is 0 Å². The monoisotopic (exact) mass is 335 g/mol. The van der Waals surface area contributed by atoms with E-state index in [0.717, 1.165) is 16.9 Å². The lowest BCUT2D eigenvalue weighted by molar-refractivity contribution is -0.135. The van der Waals surface area contributed by atoms with Gasteiger partial charge in [0, 0.05) is 19.5 Å². The zero-order valence-electron chi connectivity index (χ0n) is 14.1. The maximum Gasteiger partial charge on any atom is 0.242 e. The Morgan fingerprint density at radius 3 is 2.52 bits per heavy atom. The number of ether oxygens (including phenoxy) is 1. The Morgan fingerprint density at radius 2 is 1.72 bits per heavy atom. The number of nitrogens with zero attached hydrogens (tertiary/aromatic N) is 3. The molecule has 0 radical (unpaired) electrons. The fourth-order valence-electron chi connectivity index (χ4n) is 3.26. The van der Waals surface area contributed by atoms with Crippen molar-refractivity contribution in [2.24, 2.45) is 0 Å². The minimum Gasteiger partial charge on any atom is -0.378 e. The molecule has 0 bridgehead atoms. The summed E-state index contributed by atoms with van der Waals surface area (Å²) in [6, 6.07) is 18.3. The zero-order valence-corrected chi connectivity index (χ0v) is 14.1. The average Bonchev–Trinajstić information content (AvgIpc) is 3.00. The fraction of sp³-hybridized carbons (Fsp3) is 0.300. The third-order valence-electron chi connectivity index (χ3n) is 4.60. The van der Waals surface area contributed by atoms with Gasteiger partial charge in [0.15, 0.2) is 0 Å². The van der Waals surface area contributed by atoms with Gasteiger partial charge in [-0.15, -0.1) is 0 Å². The molecule has 4 rings (SSSR count). The average molecular weight is 335 g/mol. The number of carbonyl (C=O) groups excluding carboxylic acids is 1. The first kappa shape index (κ1) is 15.8. The summed E-state index contributed by atoms with van der Waals surface area (Å²) < 4.78 is 7.40. The molecule has 0 saturated carbocycles. The van der Waals surface area contributed by atoms with Crippen LogP contribution < -0.4 is 0 Å². The number of para-hydroxylation sites is 2. The Balaban J connectivity index is 1.65. The molecule has 2 heterocycles. The van der Waals surface area contributed by atoms with Crippen molar-refractivity contribution < 1.29 is 9.53 Å². The Bertz CT molecular complexity index is 867. The standard InChI is InChI=1S/C20H21N3O2/c24-20(22-10-12-25-13-11-22)15-23-18-9-5-4-8-17(18)21-19(23)14-16-6-2-1-3-7-16/h1-9H,10-15H2. The molecule has 3 aromatic rings. The van der Waals surface area contributed by atoms with Crippen molar-refractivity contribution in [1.29, 1.82) is 0 Å². The zero-order chi connectivity index (χ0) is 17.1. The number of hydrogen-bond acceptors (Lipinski definition) is 3. The third kappa shape index (κ3) is 3.42. The van der Waals surface area contributed by atoms with Gasteiger partial charge >= 0.3 is 0 Å². The number of hydrogen-bond donors (Lipinski definition) is 0. The highest BCUT2D eigenvalue weighted by Gasteiger charge is 2.20.